The minimum Gasteiger partial charge on any atom is -0.372 e. The predicted molar refractivity (Wildman–Crippen MR) is 44.0 cm³/mol. The normalized spacial score (nSPS) is 10.1. The summed E-state index contributed by atoms with van der Waals surface area (Å²) in [5, 5.41) is 0. The lowest BCUT2D eigenvalue weighted by Gasteiger charge is -2.00. The lowest BCUT2D eigenvalue weighted by atomic mass is 10.5. The minimum absolute atomic E-state index is 0.0825. The Morgan fingerprint density at radius 2 is 2.50 bits per heavy atom. The summed E-state index contributed by atoms with van der Waals surface area (Å²) in [6.45, 7) is 2.76. The molecule has 0 aliphatic rings. The van der Waals surface area contributed by atoms with Crippen molar-refractivity contribution in [2.75, 3.05) is 13.2 Å². The van der Waals surface area contributed by atoms with Crippen LogP contribution < -0.4 is 0 Å². The maximum Gasteiger partial charge on any atom is 0.257 e. The van der Waals surface area contributed by atoms with Gasteiger partial charge in [-0.25, -0.2) is 4.98 Å². The maximum absolute atomic E-state index is 11.2. The molecule has 0 radical (unpaired) electrons. The van der Waals surface area contributed by atoms with Gasteiger partial charge in [0, 0.05) is 19.0 Å². The highest BCUT2D eigenvalue weighted by atomic mass is 16.5. The van der Waals surface area contributed by atoms with Crippen LogP contribution in [0, 0.1) is 0 Å². The molecule has 0 saturated heterocycles. The number of rotatable bonds is 4. The van der Waals surface area contributed by atoms with Crippen molar-refractivity contribution < 1.29 is 9.53 Å². The monoisotopic (exact) mass is 168 g/mol. The topological polar surface area (TPSA) is 44.1 Å². The van der Waals surface area contributed by atoms with Gasteiger partial charge in [-0.3, -0.25) is 9.36 Å². The highest BCUT2D eigenvalue weighted by Gasteiger charge is 2.01. The van der Waals surface area contributed by atoms with Gasteiger partial charge in [0.15, 0.2) is 0 Å². The van der Waals surface area contributed by atoms with Gasteiger partial charge in [0.2, 0.25) is 0 Å². The molecule has 0 fully saturated rings. The molecule has 1 heterocycles. The molecule has 0 N–H and O–H groups in total. The van der Waals surface area contributed by atoms with Crippen LogP contribution in [0.2, 0.25) is 0 Å². The second-order valence-corrected chi connectivity index (χ2v) is 2.42. The van der Waals surface area contributed by atoms with Crippen LogP contribution in [0.15, 0.2) is 18.7 Å². The van der Waals surface area contributed by atoms with Crippen molar-refractivity contribution in [3.05, 3.63) is 18.7 Å². The van der Waals surface area contributed by atoms with E-state index in [1.54, 1.807) is 12.4 Å². The Morgan fingerprint density at radius 1 is 1.67 bits per heavy atom. The van der Waals surface area contributed by atoms with Crippen LogP contribution in [0.25, 0.3) is 0 Å². The fourth-order valence-electron chi connectivity index (χ4n) is 0.785. The molecule has 0 amide bonds. The molecule has 0 unspecified atom stereocenters. The van der Waals surface area contributed by atoms with Crippen molar-refractivity contribution in [3.63, 3.8) is 0 Å². The second kappa shape index (κ2) is 4.66. The minimum atomic E-state index is -0.0825. The van der Waals surface area contributed by atoms with E-state index in [0.29, 0.717) is 6.61 Å². The van der Waals surface area contributed by atoms with E-state index in [2.05, 4.69) is 4.98 Å². The van der Waals surface area contributed by atoms with E-state index in [-0.39, 0.29) is 12.5 Å². The van der Waals surface area contributed by atoms with Crippen molar-refractivity contribution >= 4 is 5.91 Å². The lowest BCUT2D eigenvalue weighted by molar-refractivity contribution is 0.0677. The summed E-state index contributed by atoms with van der Waals surface area (Å²) in [6, 6.07) is 0. The van der Waals surface area contributed by atoms with E-state index in [4.69, 9.17) is 4.74 Å². The second-order valence-electron chi connectivity index (χ2n) is 2.42. The summed E-state index contributed by atoms with van der Waals surface area (Å²) in [6.07, 6.45) is 5.57. The van der Waals surface area contributed by atoms with E-state index in [1.165, 1.54) is 10.9 Å². The first-order valence-corrected chi connectivity index (χ1v) is 3.93. The highest BCUT2D eigenvalue weighted by Crippen LogP contribution is 1.88. The summed E-state index contributed by atoms with van der Waals surface area (Å²) >= 11 is 0. The van der Waals surface area contributed by atoms with Crippen molar-refractivity contribution in [1.82, 2.24) is 9.55 Å². The molecule has 0 aliphatic heterocycles. The van der Waals surface area contributed by atoms with Crippen LogP contribution in [0.1, 0.15) is 18.1 Å². The van der Waals surface area contributed by atoms with E-state index >= 15 is 0 Å². The van der Waals surface area contributed by atoms with Gasteiger partial charge < -0.3 is 4.74 Å². The Kier molecular flexibility index (Phi) is 3.47. The van der Waals surface area contributed by atoms with Gasteiger partial charge in [-0.05, 0) is 6.42 Å². The molecule has 0 spiro atoms. The summed E-state index contributed by atoms with van der Waals surface area (Å²) in [5.74, 6) is -0.0825. The van der Waals surface area contributed by atoms with Gasteiger partial charge in [-0.1, -0.05) is 6.92 Å². The summed E-state index contributed by atoms with van der Waals surface area (Å²) < 4.78 is 6.48. The first-order chi connectivity index (χ1) is 5.84. The third kappa shape index (κ3) is 2.47. The maximum atomic E-state index is 11.2. The number of hydrogen-bond acceptors (Lipinski definition) is 3. The zero-order valence-corrected chi connectivity index (χ0v) is 7.06. The quantitative estimate of drug-likeness (QED) is 0.629. The molecule has 1 rings (SSSR count). The van der Waals surface area contributed by atoms with Crippen LogP contribution in [0.5, 0.6) is 0 Å². The zero-order valence-electron chi connectivity index (χ0n) is 7.06. The number of carbonyl (C=O) groups excluding carboxylic acids is 1. The van der Waals surface area contributed by atoms with Crippen molar-refractivity contribution in [2.24, 2.45) is 0 Å². The number of imidazole rings is 1. The zero-order chi connectivity index (χ0) is 8.81. The van der Waals surface area contributed by atoms with Crippen molar-refractivity contribution in [2.45, 2.75) is 13.3 Å². The molecule has 1 aromatic rings. The lowest BCUT2D eigenvalue weighted by Crippen LogP contribution is -2.15. The Balaban J connectivity index is 2.30. The molecule has 0 atom stereocenters. The Labute approximate surface area is 71.2 Å². The third-order valence-corrected chi connectivity index (χ3v) is 1.37. The van der Waals surface area contributed by atoms with E-state index in [0.717, 1.165) is 6.42 Å². The van der Waals surface area contributed by atoms with E-state index in [1.807, 2.05) is 6.92 Å². The molecule has 0 aliphatic carbocycles. The van der Waals surface area contributed by atoms with Gasteiger partial charge in [0.05, 0.1) is 0 Å². The molecule has 4 heteroatoms. The predicted octanol–water partition coefficient (Wildman–Crippen LogP) is 0.950. The highest BCUT2D eigenvalue weighted by molar-refractivity contribution is 5.79. The molecule has 0 aromatic carbocycles. The molecular formula is C8H12N2O2. The molecule has 0 bridgehead atoms. The van der Waals surface area contributed by atoms with Crippen molar-refractivity contribution in [1.29, 1.82) is 0 Å². The summed E-state index contributed by atoms with van der Waals surface area (Å²) in [5.41, 5.74) is 0. The van der Waals surface area contributed by atoms with Crippen LogP contribution in [-0.2, 0) is 4.74 Å². The first-order valence-electron chi connectivity index (χ1n) is 3.93. The average molecular weight is 168 g/mol. The van der Waals surface area contributed by atoms with Crippen LogP contribution in [0.3, 0.4) is 0 Å². The third-order valence-electron chi connectivity index (χ3n) is 1.37. The van der Waals surface area contributed by atoms with E-state index < -0.39 is 0 Å². The largest absolute Gasteiger partial charge is 0.372 e. The number of nitrogens with zero attached hydrogens (tertiary/aromatic N) is 2. The number of aromatic nitrogens is 2. The summed E-state index contributed by atoms with van der Waals surface area (Å²) in [7, 11) is 0. The Morgan fingerprint density at radius 3 is 3.08 bits per heavy atom. The molecule has 1 aromatic heterocycles. The number of ether oxygens (including phenoxy) is 1. The standard InChI is InChI=1S/C8H12N2O2/c1-2-5-12-6-8(11)10-4-3-9-7-10/h3-4,7H,2,5-6H2,1H3. The van der Waals surface area contributed by atoms with Gasteiger partial charge in [0.25, 0.3) is 5.91 Å². The first kappa shape index (κ1) is 8.93. The van der Waals surface area contributed by atoms with Gasteiger partial charge in [0.1, 0.15) is 12.9 Å². The van der Waals surface area contributed by atoms with Gasteiger partial charge in [-0.2, -0.15) is 0 Å². The van der Waals surface area contributed by atoms with Crippen LogP contribution in [0.4, 0.5) is 0 Å². The van der Waals surface area contributed by atoms with E-state index in [9.17, 15) is 4.79 Å². The molecular weight excluding hydrogens is 156 g/mol. The molecule has 66 valence electrons. The average Bonchev–Trinajstić information content (AvgIpc) is 2.56. The Hall–Kier alpha value is -1.16. The number of carbonyl (C=O) groups is 1. The SMILES string of the molecule is CCCOCC(=O)n1ccnc1. The summed E-state index contributed by atoms with van der Waals surface area (Å²) in [4.78, 5) is 14.9. The smallest absolute Gasteiger partial charge is 0.257 e. The van der Waals surface area contributed by atoms with Gasteiger partial charge in [-0.15, -0.1) is 0 Å². The van der Waals surface area contributed by atoms with Crippen LogP contribution in [-0.4, -0.2) is 28.7 Å². The Bertz CT molecular complexity index is 231. The van der Waals surface area contributed by atoms with Crippen molar-refractivity contribution in [3.8, 4) is 0 Å². The fourth-order valence-corrected chi connectivity index (χ4v) is 0.785. The molecule has 4 nitrogen and oxygen atoms in total. The fraction of sp³-hybridized carbons (Fsp3) is 0.500. The van der Waals surface area contributed by atoms with Crippen LogP contribution >= 0.6 is 0 Å². The molecule has 0 saturated carbocycles. The van der Waals surface area contributed by atoms with Gasteiger partial charge >= 0.3 is 0 Å². The molecule has 12 heavy (non-hydrogen) atoms. The number of hydrogen-bond donors (Lipinski definition) is 0.